The molecule has 1 atom stereocenters. The molecule has 0 saturated carbocycles. The van der Waals surface area contributed by atoms with Crippen LogP contribution in [0.4, 0.5) is 5.69 Å². The molecule has 0 saturated heterocycles. The largest absolute Gasteiger partial charge is 0.354 e. The SMILES string of the molecule is CCCCNC(=O)[C@H](C)N(Cc1ccccc1Cl)C(=O)CN(c1cc(C)cc(C)c1)S(C)(=O)=O. The Balaban J connectivity index is 2.39. The molecule has 0 aliphatic rings. The van der Waals surface area contributed by atoms with E-state index in [0.717, 1.165) is 34.5 Å². The molecule has 0 aromatic heterocycles. The van der Waals surface area contributed by atoms with Gasteiger partial charge >= 0.3 is 0 Å². The highest BCUT2D eigenvalue weighted by atomic mass is 35.5. The van der Waals surface area contributed by atoms with Crippen molar-refractivity contribution in [2.45, 2.75) is 53.1 Å². The van der Waals surface area contributed by atoms with Crippen molar-refractivity contribution in [2.24, 2.45) is 0 Å². The Hall–Kier alpha value is -2.58. The van der Waals surface area contributed by atoms with Crippen molar-refractivity contribution in [1.82, 2.24) is 10.2 Å². The Bertz CT molecular complexity index is 1100. The van der Waals surface area contributed by atoms with Gasteiger partial charge in [-0.15, -0.1) is 0 Å². The number of aryl methyl sites for hydroxylation is 2. The topological polar surface area (TPSA) is 86.8 Å². The summed E-state index contributed by atoms with van der Waals surface area (Å²) in [4.78, 5) is 27.7. The van der Waals surface area contributed by atoms with Gasteiger partial charge < -0.3 is 10.2 Å². The highest BCUT2D eigenvalue weighted by molar-refractivity contribution is 7.92. The summed E-state index contributed by atoms with van der Waals surface area (Å²) >= 11 is 6.32. The first kappa shape index (κ1) is 27.7. The predicted octanol–water partition coefficient (Wildman–Crippen LogP) is 4.06. The van der Waals surface area contributed by atoms with E-state index in [4.69, 9.17) is 11.6 Å². The van der Waals surface area contributed by atoms with E-state index in [-0.39, 0.29) is 12.5 Å². The van der Waals surface area contributed by atoms with Gasteiger partial charge in [0.25, 0.3) is 0 Å². The highest BCUT2D eigenvalue weighted by Crippen LogP contribution is 2.23. The molecule has 0 radical (unpaired) electrons. The quantitative estimate of drug-likeness (QED) is 0.465. The zero-order valence-electron chi connectivity index (χ0n) is 20.5. The van der Waals surface area contributed by atoms with Gasteiger partial charge in [-0.3, -0.25) is 13.9 Å². The number of nitrogens with one attached hydrogen (secondary N) is 1. The fraction of sp³-hybridized carbons (Fsp3) is 0.440. The van der Waals surface area contributed by atoms with E-state index in [1.54, 1.807) is 43.3 Å². The van der Waals surface area contributed by atoms with Gasteiger partial charge in [0.15, 0.2) is 0 Å². The fourth-order valence-electron chi connectivity index (χ4n) is 3.64. The number of carbonyl (C=O) groups is 2. The predicted molar refractivity (Wildman–Crippen MR) is 137 cm³/mol. The number of nitrogens with zero attached hydrogens (tertiary/aromatic N) is 2. The number of carbonyl (C=O) groups excluding carboxylic acids is 2. The molecule has 2 amide bonds. The molecule has 2 rings (SSSR count). The Morgan fingerprint density at radius 1 is 1.09 bits per heavy atom. The maximum absolute atomic E-state index is 13.5. The fourth-order valence-corrected chi connectivity index (χ4v) is 4.67. The minimum Gasteiger partial charge on any atom is -0.354 e. The molecule has 7 nitrogen and oxygen atoms in total. The first-order valence-corrected chi connectivity index (χ1v) is 13.5. The summed E-state index contributed by atoms with van der Waals surface area (Å²) in [6, 6.07) is 11.6. The van der Waals surface area contributed by atoms with Gasteiger partial charge in [-0.1, -0.05) is 49.2 Å². The van der Waals surface area contributed by atoms with E-state index in [1.165, 1.54) is 4.90 Å². The minimum absolute atomic E-state index is 0.0747. The summed E-state index contributed by atoms with van der Waals surface area (Å²) in [5, 5.41) is 3.32. The molecule has 0 fully saturated rings. The number of amides is 2. The van der Waals surface area contributed by atoms with Crippen LogP contribution in [0.3, 0.4) is 0 Å². The molecule has 0 unspecified atom stereocenters. The average molecular weight is 508 g/mol. The monoisotopic (exact) mass is 507 g/mol. The third-order valence-corrected chi connectivity index (χ3v) is 6.98. The lowest BCUT2D eigenvalue weighted by molar-refractivity contribution is -0.139. The number of hydrogen-bond donors (Lipinski definition) is 1. The van der Waals surface area contributed by atoms with Gasteiger partial charge in [0.1, 0.15) is 12.6 Å². The molecule has 0 aliphatic carbocycles. The summed E-state index contributed by atoms with van der Waals surface area (Å²) in [5.41, 5.74) is 2.84. The number of sulfonamides is 1. The number of halogens is 1. The maximum Gasteiger partial charge on any atom is 0.244 e. The van der Waals surface area contributed by atoms with E-state index in [9.17, 15) is 18.0 Å². The van der Waals surface area contributed by atoms with E-state index < -0.39 is 28.5 Å². The summed E-state index contributed by atoms with van der Waals surface area (Å²) < 4.78 is 26.4. The molecule has 2 aromatic carbocycles. The Labute approximate surface area is 208 Å². The summed E-state index contributed by atoms with van der Waals surface area (Å²) in [6.45, 7) is 7.54. The second kappa shape index (κ2) is 12.2. The third-order valence-electron chi connectivity index (χ3n) is 5.47. The summed E-state index contributed by atoms with van der Waals surface area (Å²) in [7, 11) is -3.77. The van der Waals surface area contributed by atoms with Crippen LogP contribution in [-0.2, 0) is 26.2 Å². The molecule has 0 aliphatic heterocycles. The van der Waals surface area contributed by atoms with Crippen LogP contribution in [0.25, 0.3) is 0 Å². The van der Waals surface area contributed by atoms with E-state index >= 15 is 0 Å². The smallest absolute Gasteiger partial charge is 0.244 e. The molecule has 9 heteroatoms. The van der Waals surface area contributed by atoms with Crippen molar-refractivity contribution >= 4 is 39.1 Å². The van der Waals surface area contributed by atoms with E-state index in [2.05, 4.69) is 5.32 Å². The number of rotatable bonds is 11. The van der Waals surface area contributed by atoms with Crippen LogP contribution in [0.1, 0.15) is 43.4 Å². The highest BCUT2D eigenvalue weighted by Gasteiger charge is 2.30. The lowest BCUT2D eigenvalue weighted by Gasteiger charge is -2.32. The molecule has 0 bridgehead atoms. The Morgan fingerprint density at radius 2 is 1.71 bits per heavy atom. The molecule has 34 heavy (non-hydrogen) atoms. The average Bonchev–Trinajstić information content (AvgIpc) is 2.74. The van der Waals surface area contributed by atoms with Crippen LogP contribution in [-0.4, -0.2) is 50.5 Å². The second-order valence-corrected chi connectivity index (χ2v) is 10.9. The molecule has 1 N–H and O–H groups in total. The summed E-state index contributed by atoms with van der Waals surface area (Å²) in [6.07, 6.45) is 2.82. The normalized spacial score (nSPS) is 12.2. The van der Waals surface area contributed by atoms with Gasteiger partial charge in [-0.25, -0.2) is 8.42 Å². The van der Waals surface area contributed by atoms with Crippen LogP contribution >= 0.6 is 11.6 Å². The number of hydrogen-bond acceptors (Lipinski definition) is 4. The van der Waals surface area contributed by atoms with Crippen molar-refractivity contribution in [3.05, 3.63) is 64.2 Å². The van der Waals surface area contributed by atoms with Gasteiger partial charge in [0.05, 0.1) is 11.9 Å². The number of unbranched alkanes of at least 4 members (excludes halogenated alkanes) is 1. The van der Waals surface area contributed by atoms with E-state index in [0.29, 0.717) is 22.8 Å². The molecule has 186 valence electrons. The maximum atomic E-state index is 13.5. The minimum atomic E-state index is -3.77. The van der Waals surface area contributed by atoms with Crippen LogP contribution in [0.15, 0.2) is 42.5 Å². The van der Waals surface area contributed by atoms with Crippen molar-refractivity contribution in [1.29, 1.82) is 0 Å². The number of benzene rings is 2. The second-order valence-electron chi connectivity index (χ2n) is 8.55. The van der Waals surface area contributed by atoms with Gasteiger partial charge in [0.2, 0.25) is 21.8 Å². The van der Waals surface area contributed by atoms with Crippen LogP contribution in [0.2, 0.25) is 5.02 Å². The van der Waals surface area contributed by atoms with Gasteiger partial charge in [0, 0.05) is 18.1 Å². The van der Waals surface area contributed by atoms with Crippen molar-refractivity contribution in [2.75, 3.05) is 23.7 Å². The van der Waals surface area contributed by atoms with E-state index in [1.807, 2.05) is 26.8 Å². The van der Waals surface area contributed by atoms with Crippen LogP contribution in [0.5, 0.6) is 0 Å². The van der Waals surface area contributed by atoms with Gasteiger partial charge in [-0.2, -0.15) is 0 Å². The van der Waals surface area contributed by atoms with Crippen LogP contribution in [0, 0.1) is 13.8 Å². The van der Waals surface area contributed by atoms with Crippen molar-refractivity contribution in [3.63, 3.8) is 0 Å². The Morgan fingerprint density at radius 3 is 2.26 bits per heavy atom. The molecular formula is C25H34ClN3O4S. The molecule has 0 heterocycles. The standard InChI is InChI=1S/C25H34ClN3O4S/c1-6-7-12-27-25(31)20(4)28(16-21-10-8-9-11-23(21)26)24(30)17-29(34(5,32)33)22-14-18(2)13-19(3)15-22/h8-11,13-15,20H,6-7,12,16-17H2,1-5H3,(H,27,31)/t20-/m0/s1. The van der Waals surface area contributed by atoms with Gasteiger partial charge in [-0.05, 0) is 62.1 Å². The zero-order valence-corrected chi connectivity index (χ0v) is 22.0. The number of anilines is 1. The lowest BCUT2D eigenvalue weighted by Crippen LogP contribution is -2.51. The third kappa shape index (κ3) is 7.74. The van der Waals surface area contributed by atoms with Crippen molar-refractivity contribution < 1.29 is 18.0 Å². The molecule has 2 aromatic rings. The molecular weight excluding hydrogens is 474 g/mol. The Kier molecular flexibility index (Phi) is 9.94. The zero-order chi connectivity index (χ0) is 25.5. The van der Waals surface area contributed by atoms with Crippen molar-refractivity contribution in [3.8, 4) is 0 Å². The first-order valence-electron chi connectivity index (χ1n) is 11.3. The lowest BCUT2D eigenvalue weighted by atomic mass is 10.1. The first-order chi connectivity index (χ1) is 15.9. The molecule has 0 spiro atoms. The summed E-state index contributed by atoms with van der Waals surface area (Å²) in [5.74, 6) is -0.797. The van der Waals surface area contributed by atoms with Crippen LogP contribution < -0.4 is 9.62 Å².